The van der Waals surface area contributed by atoms with Gasteiger partial charge < -0.3 is 28.4 Å². The van der Waals surface area contributed by atoms with Crippen molar-refractivity contribution in [2.24, 2.45) is 0 Å². The zero-order chi connectivity index (χ0) is 92.2. The molecule has 0 aliphatic heterocycles. The average Bonchev–Trinajstić information content (AvgIpc) is 0.641. The monoisotopic (exact) mass is 1800 g/mol. The zero-order valence-corrected chi connectivity index (χ0v) is 82.5. The van der Waals surface area contributed by atoms with Crippen LogP contribution in [0.4, 0.5) is 0 Å². The number of benzene rings is 13. The molecule has 132 heavy (non-hydrogen) atoms. The van der Waals surface area contributed by atoms with Crippen LogP contribution in [0, 0.1) is 0 Å². The average molecular weight is 1800 g/mol. The summed E-state index contributed by atoms with van der Waals surface area (Å²) in [5.74, 6) is -0.352. The van der Waals surface area contributed by atoms with Crippen molar-refractivity contribution >= 4 is 165 Å². The van der Waals surface area contributed by atoms with Crippen LogP contribution in [-0.4, -0.2) is 75.5 Å². The van der Waals surface area contributed by atoms with Gasteiger partial charge in [-0.15, -0.1) is 0 Å². The van der Waals surface area contributed by atoms with Crippen molar-refractivity contribution in [1.29, 1.82) is 0 Å². The van der Waals surface area contributed by atoms with Gasteiger partial charge in [-0.2, -0.15) is 0 Å². The summed E-state index contributed by atoms with van der Waals surface area (Å²) in [4.78, 5) is 75.9. The molecule has 0 aromatic heterocycles. The number of carbonyl (C=O) groups excluding carboxylic acids is 6. The third-order valence-electron chi connectivity index (χ3n) is 29.1. The lowest BCUT2D eigenvalue weighted by atomic mass is 9.72. The lowest BCUT2D eigenvalue weighted by Crippen LogP contribution is -2.05. The number of esters is 6. The predicted molar refractivity (Wildman–Crippen MR) is 555 cm³/mol. The molecule has 12 heteroatoms. The molecule has 13 aromatic rings. The molecule has 0 aliphatic carbocycles. The first-order valence-corrected chi connectivity index (χ1v) is 54.1. The number of rotatable bonds is 72. The second-order valence-electron chi connectivity index (χ2n) is 39.8. The van der Waals surface area contributed by atoms with Crippen molar-refractivity contribution in [3.63, 3.8) is 0 Å². The molecule has 0 bridgehead atoms. The van der Waals surface area contributed by atoms with Crippen LogP contribution in [0.15, 0.2) is 72.8 Å². The Morgan fingerprint density at radius 1 is 0.152 bits per heavy atom. The number of unbranched alkanes of at least 4 members (excludes halogenated alkanes) is 36. The van der Waals surface area contributed by atoms with Crippen LogP contribution in [0.1, 0.15) is 422 Å². The second kappa shape index (κ2) is 53.6. The molecule has 0 radical (unpaired) electrons. The molecule has 0 unspecified atom stereocenters. The van der Waals surface area contributed by atoms with E-state index in [0.717, 1.165) is 347 Å². The van der Waals surface area contributed by atoms with Gasteiger partial charge in [0.2, 0.25) is 0 Å². The van der Waals surface area contributed by atoms with E-state index in [0.29, 0.717) is 78.2 Å². The molecule has 0 atom stereocenters. The van der Waals surface area contributed by atoms with Crippen LogP contribution in [0.3, 0.4) is 0 Å². The summed E-state index contributed by atoms with van der Waals surface area (Å²) in [5.41, 5.74) is 8.47. The molecule has 0 saturated carbocycles. The first kappa shape index (κ1) is 101. The topological polar surface area (TPSA) is 158 Å². The van der Waals surface area contributed by atoms with Crippen molar-refractivity contribution in [3.8, 4) is 0 Å². The molecule has 13 aromatic carbocycles. The second-order valence-corrected chi connectivity index (χ2v) is 39.8. The van der Waals surface area contributed by atoms with Gasteiger partial charge in [-0.05, 0) is 317 Å². The Morgan fingerprint density at radius 2 is 0.265 bits per heavy atom. The van der Waals surface area contributed by atoms with Gasteiger partial charge in [0, 0.05) is 38.5 Å². The lowest BCUT2D eigenvalue weighted by molar-refractivity contribution is -0.144. The SMILES string of the molecule is CCCCOC(=O)CCCCCCCCc1cc2c3cc(CCCCCCCCC(=O)OCCCC)cc4c5cc(CCCCCCCCC(=O)OCCCC)cc6c7cc(CCCCCCCCC(=O)OCCCC)cc8c9cc(CCCCCCCCC(=O)OCCCC)cc%10c%11cc(CCCCCCCCC(=O)OCCCC)cc%12c(c1)c2c1c(c34)c(c56)c(c78)c(c%109)c1c%12%11. The molecule has 12 nitrogen and oxygen atoms in total. The maximum absolute atomic E-state index is 12.7. The van der Waals surface area contributed by atoms with E-state index in [-0.39, 0.29) is 35.8 Å². The highest BCUT2D eigenvalue weighted by molar-refractivity contribution is 6.61. The van der Waals surface area contributed by atoms with E-state index >= 15 is 0 Å². The van der Waals surface area contributed by atoms with E-state index in [2.05, 4.69) is 114 Å². The Morgan fingerprint density at radius 3 is 0.386 bits per heavy atom. The summed E-state index contributed by atoms with van der Waals surface area (Å²) in [6.07, 6.45) is 58.8. The molecule has 0 N–H and O–H groups in total. The number of ether oxygens (including phenoxy) is 6. The van der Waals surface area contributed by atoms with Gasteiger partial charge in [0.15, 0.2) is 0 Å². The number of hydrogen-bond acceptors (Lipinski definition) is 12. The van der Waals surface area contributed by atoms with E-state index < -0.39 is 0 Å². The molecular formula is C120H162O12. The minimum Gasteiger partial charge on any atom is -0.466 e. The summed E-state index contributed by atoms with van der Waals surface area (Å²) in [6, 6.07) is 32.1. The molecule has 13 rings (SSSR count). The fourth-order valence-corrected chi connectivity index (χ4v) is 21.7. The van der Waals surface area contributed by atoms with Crippen molar-refractivity contribution in [3.05, 3.63) is 106 Å². The third kappa shape index (κ3) is 27.0. The summed E-state index contributed by atoms with van der Waals surface area (Å²) in [6.45, 7) is 15.9. The molecular weight excluding hydrogens is 1630 g/mol. The van der Waals surface area contributed by atoms with Gasteiger partial charge in [0.1, 0.15) is 0 Å². The Labute approximate surface area is 790 Å². The zero-order valence-electron chi connectivity index (χ0n) is 82.5. The first-order valence-electron chi connectivity index (χ1n) is 54.1. The Balaban J connectivity index is 0.966. The quantitative estimate of drug-likeness (QED) is 0.0117. The maximum atomic E-state index is 12.7. The van der Waals surface area contributed by atoms with Gasteiger partial charge in [-0.1, -0.05) is 307 Å². The Hall–Kier alpha value is -8.64. The number of fused-ring (bicyclic) bond motifs is 6. The van der Waals surface area contributed by atoms with E-state index in [4.69, 9.17) is 28.4 Å². The van der Waals surface area contributed by atoms with Gasteiger partial charge in [-0.25, -0.2) is 0 Å². The summed E-state index contributed by atoms with van der Waals surface area (Å²) < 4.78 is 33.3. The number of aryl methyl sites for hydroxylation is 6. The van der Waals surface area contributed by atoms with Crippen LogP contribution >= 0.6 is 0 Å². The normalized spacial score (nSPS) is 12.2. The minimum absolute atomic E-state index is 0.0586. The fraction of sp³-hybridized carbons (Fsp3) is 0.600. The van der Waals surface area contributed by atoms with E-state index in [9.17, 15) is 28.8 Å². The van der Waals surface area contributed by atoms with Crippen molar-refractivity contribution in [1.82, 2.24) is 0 Å². The molecule has 0 spiro atoms. The largest absolute Gasteiger partial charge is 0.466 e. The van der Waals surface area contributed by atoms with Gasteiger partial charge >= 0.3 is 35.8 Å². The Bertz CT molecular complexity index is 4610. The number of hydrogen-bond donors (Lipinski definition) is 0. The van der Waals surface area contributed by atoms with Crippen LogP contribution in [0.25, 0.3) is 129 Å². The molecule has 714 valence electrons. The standard InChI is InChI=1S/C120H162O12/c1-7-13-67-127-103(121)61-49-37-25-19-31-43-55-85-73-91-93-75-86(56-44-32-20-26-38-50-62-104(122)128-68-14-8-2)77-95-97-79-88(58-46-34-22-28-40-52-64-106(124)130-70-16-10-4)81-99-101-83-90(60-48-36-24-30-42-54-66-108(126)132-72-18-12-6)84-102-100-82-89(59-47-35-23-29-41-53-65-107(125)131-71-17-11-5)80-98-96-78-87(57-45-33-21-27-39-51-63-105(123)129-69-15-9-3)76-94-92(74-85)109(91)115-116(110(93)95)118(112(97)99)120(114(101)102)119(113(98)100)117(115)111(94)96/h73-84H,7-72H2,1-6H3. The van der Waals surface area contributed by atoms with E-state index in [1.165, 1.54) is 163 Å². The van der Waals surface area contributed by atoms with Crippen molar-refractivity contribution in [2.75, 3.05) is 39.6 Å². The van der Waals surface area contributed by atoms with Crippen LogP contribution in [0.5, 0.6) is 0 Å². The van der Waals surface area contributed by atoms with Gasteiger partial charge in [0.05, 0.1) is 39.6 Å². The maximum Gasteiger partial charge on any atom is 0.305 e. The highest BCUT2D eigenvalue weighted by atomic mass is 16.5. The number of carbonyl (C=O) groups is 6. The molecule has 0 fully saturated rings. The first-order chi connectivity index (χ1) is 64.9. The lowest BCUT2D eigenvalue weighted by Gasteiger charge is -2.30. The third-order valence-corrected chi connectivity index (χ3v) is 29.1. The van der Waals surface area contributed by atoms with Gasteiger partial charge in [0.25, 0.3) is 0 Å². The van der Waals surface area contributed by atoms with Crippen molar-refractivity contribution < 1.29 is 57.2 Å². The van der Waals surface area contributed by atoms with Gasteiger partial charge in [-0.3, -0.25) is 28.8 Å². The van der Waals surface area contributed by atoms with Crippen LogP contribution in [0.2, 0.25) is 0 Å². The van der Waals surface area contributed by atoms with Crippen molar-refractivity contribution in [2.45, 2.75) is 427 Å². The van der Waals surface area contributed by atoms with Crippen LogP contribution in [-0.2, 0) is 95.7 Å². The van der Waals surface area contributed by atoms with E-state index in [1.54, 1.807) is 0 Å². The molecule has 0 amide bonds. The minimum atomic E-state index is -0.0586. The summed E-state index contributed by atoms with van der Waals surface area (Å²) in [5, 5.41) is 33.9. The summed E-state index contributed by atoms with van der Waals surface area (Å²) in [7, 11) is 0. The molecule has 0 heterocycles. The Kier molecular flexibility index (Phi) is 40.9. The highest BCUT2D eigenvalue weighted by Gasteiger charge is 2.34. The molecule has 0 aliphatic rings. The fourth-order valence-electron chi connectivity index (χ4n) is 21.7. The smallest absolute Gasteiger partial charge is 0.305 e. The predicted octanol–water partition coefficient (Wildman–Crippen LogP) is 33.9. The molecule has 0 saturated heterocycles. The summed E-state index contributed by atoms with van der Waals surface area (Å²) >= 11 is 0. The van der Waals surface area contributed by atoms with E-state index in [1.807, 2.05) is 0 Å². The highest BCUT2D eigenvalue weighted by Crippen LogP contribution is 2.61. The van der Waals surface area contributed by atoms with Crippen LogP contribution < -0.4 is 0 Å².